The Bertz CT molecular complexity index is 743. The Hall–Kier alpha value is -2.52. The van der Waals surface area contributed by atoms with Crippen LogP contribution in [-0.4, -0.2) is 65.8 Å². The van der Waals surface area contributed by atoms with Crippen molar-refractivity contribution in [1.29, 1.82) is 0 Å². The van der Waals surface area contributed by atoms with E-state index in [4.69, 9.17) is 0 Å². The highest BCUT2D eigenvalue weighted by atomic mass is 19.4. The number of likely N-dealkylation sites (tertiary alicyclic amines) is 1. The van der Waals surface area contributed by atoms with Crippen LogP contribution in [0.5, 0.6) is 0 Å². The molecular formula is C17H21F3N6O. The summed E-state index contributed by atoms with van der Waals surface area (Å²) in [5, 5.41) is 5.09. The van der Waals surface area contributed by atoms with Crippen molar-refractivity contribution >= 4 is 18.1 Å². The number of halogens is 3. The third-order valence-electron chi connectivity index (χ3n) is 5.54. The highest BCUT2D eigenvalue weighted by Gasteiger charge is 2.46. The minimum absolute atomic E-state index is 0.0249. The van der Waals surface area contributed by atoms with Gasteiger partial charge in [-0.3, -0.25) is 0 Å². The van der Waals surface area contributed by atoms with E-state index < -0.39 is 18.8 Å². The van der Waals surface area contributed by atoms with Crippen molar-refractivity contribution in [1.82, 2.24) is 20.4 Å². The lowest BCUT2D eigenvalue weighted by molar-refractivity contribution is -0.123. The van der Waals surface area contributed by atoms with Crippen molar-refractivity contribution < 1.29 is 18.0 Å². The van der Waals surface area contributed by atoms with E-state index in [1.165, 1.54) is 4.90 Å². The Morgan fingerprint density at radius 3 is 2.96 bits per heavy atom. The summed E-state index contributed by atoms with van der Waals surface area (Å²) in [6.45, 7) is 1.57. The molecule has 2 amide bonds. The maximum absolute atomic E-state index is 12.4. The van der Waals surface area contributed by atoms with Crippen LogP contribution in [0.1, 0.15) is 13.3 Å². The van der Waals surface area contributed by atoms with Crippen LogP contribution in [0.4, 0.5) is 18.0 Å². The number of nitrogens with one attached hydrogen (secondary N) is 2. The van der Waals surface area contributed by atoms with Gasteiger partial charge in [0.2, 0.25) is 0 Å². The van der Waals surface area contributed by atoms with Gasteiger partial charge in [-0.15, -0.1) is 0 Å². The zero-order valence-corrected chi connectivity index (χ0v) is 14.8. The molecule has 0 aromatic heterocycles. The summed E-state index contributed by atoms with van der Waals surface area (Å²) in [5.74, 6) is 1.89. The maximum atomic E-state index is 12.4. The van der Waals surface area contributed by atoms with Crippen LogP contribution < -0.4 is 10.6 Å². The molecule has 0 radical (unpaired) electrons. The van der Waals surface area contributed by atoms with E-state index in [2.05, 4.69) is 20.2 Å². The fraction of sp³-hybridized carbons (Fsp3) is 0.588. The molecule has 2 N–H and O–H groups in total. The van der Waals surface area contributed by atoms with Crippen molar-refractivity contribution in [3.05, 3.63) is 24.3 Å². The minimum Gasteiger partial charge on any atom is -0.348 e. The lowest BCUT2D eigenvalue weighted by Gasteiger charge is -2.37. The molecule has 1 fully saturated rings. The maximum Gasteiger partial charge on any atom is 0.405 e. The second kappa shape index (κ2) is 6.58. The van der Waals surface area contributed by atoms with Crippen molar-refractivity contribution in [3.8, 4) is 0 Å². The zero-order chi connectivity index (χ0) is 19.2. The molecule has 4 aliphatic rings. The molecule has 146 valence electrons. The third kappa shape index (κ3) is 3.28. The van der Waals surface area contributed by atoms with E-state index >= 15 is 0 Å². The van der Waals surface area contributed by atoms with Gasteiger partial charge in [0.05, 0.1) is 12.2 Å². The molecule has 0 aromatic carbocycles. The molecule has 0 bridgehead atoms. The number of nitrogens with zero attached hydrogens (tertiary/aromatic N) is 4. The lowest BCUT2D eigenvalue weighted by atomic mass is 9.86. The molecule has 0 spiro atoms. The summed E-state index contributed by atoms with van der Waals surface area (Å²) in [7, 11) is 0. The third-order valence-corrected chi connectivity index (χ3v) is 5.54. The Kier molecular flexibility index (Phi) is 4.35. The summed E-state index contributed by atoms with van der Waals surface area (Å²) in [5.41, 5.74) is 0. The molecule has 7 nitrogen and oxygen atoms in total. The van der Waals surface area contributed by atoms with Gasteiger partial charge in [-0.2, -0.15) is 13.2 Å². The molecule has 4 aliphatic heterocycles. The van der Waals surface area contributed by atoms with E-state index in [0.717, 1.165) is 18.1 Å². The first-order valence-electron chi connectivity index (χ1n) is 9.00. The molecule has 27 heavy (non-hydrogen) atoms. The van der Waals surface area contributed by atoms with Crippen molar-refractivity contribution in [2.45, 2.75) is 31.6 Å². The molecule has 4 rings (SSSR count). The fourth-order valence-corrected chi connectivity index (χ4v) is 4.22. The number of carbonyl (C=O) groups is 1. The Morgan fingerprint density at radius 1 is 1.41 bits per heavy atom. The highest BCUT2D eigenvalue weighted by Crippen LogP contribution is 2.37. The number of urea groups is 1. The van der Waals surface area contributed by atoms with Crippen LogP contribution >= 0.6 is 0 Å². The fourth-order valence-electron chi connectivity index (χ4n) is 4.22. The number of amides is 2. The molecule has 4 heterocycles. The van der Waals surface area contributed by atoms with E-state index in [-0.39, 0.29) is 23.9 Å². The van der Waals surface area contributed by atoms with Gasteiger partial charge < -0.3 is 20.4 Å². The summed E-state index contributed by atoms with van der Waals surface area (Å²) >= 11 is 0. The Morgan fingerprint density at radius 2 is 2.22 bits per heavy atom. The molecular weight excluding hydrogens is 361 g/mol. The SMILES string of the molecule is CC[C@H]1CN(C(=O)NCC(F)(F)F)C[C@H]1C1C=NC2=CN=C3NC=CC3N21. The molecule has 2 unspecified atom stereocenters. The van der Waals surface area contributed by atoms with Crippen LogP contribution in [0.15, 0.2) is 34.3 Å². The van der Waals surface area contributed by atoms with E-state index in [0.29, 0.717) is 13.1 Å². The molecule has 0 saturated carbocycles. The largest absolute Gasteiger partial charge is 0.405 e. The van der Waals surface area contributed by atoms with Crippen LogP contribution in [0.25, 0.3) is 0 Å². The van der Waals surface area contributed by atoms with Gasteiger partial charge in [0.25, 0.3) is 0 Å². The van der Waals surface area contributed by atoms with Crippen LogP contribution in [-0.2, 0) is 0 Å². The van der Waals surface area contributed by atoms with Crippen molar-refractivity contribution in [3.63, 3.8) is 0 Å². The summed E-state index contributed by atoms with van der Waals surface area (Å²) in [6.07, 6.45) is 3.87. The van der Waals surface area contributed by atoms with E-state index in [1.807, 2.05) is 30.7 Å². The molecule has 10 heteroatoms. The van der Waals surface area contributed by atoms with Gasteiger partial charge in [0, 0.05) is 31.4 Å². The molecule has 4 atom stereocenters. The van der Waals surface area contributed by atoms with Gasteiger partial charge in [-0.25, -0.2) is 14.8 Å². The molecule has 1 saturated heterocycles. The van der Waals surface area contributed by atoms with Gasteiger partial charge in [-0.1, -0.05) is 13.3 Å². The topological polar surface area (TPSA) is 72.3 Å². The average molecular weight is 382 g/mol. The van der Waals surface area contributed by atoms with Gasteiger partial charge in [0.15, 0.2) is 0 Å². The summed E-state index contributed by atoms with van der Waals surface area (Å²) in [6, 6.07) is -0.716. The lowest BCUT2D eigenvalue weighted by Crippen LogP contribution is -2.50. The minimum atomic E-state index is -4.41. The van der Waals surface area contributed by atoms with Crippen LogP contribution in [0.3, 0.4) is 0 Å². The zero-order valence-electron chi connectivity index (χ0n) is 14.8. The van der Waals surface area contributed by atoms with Crippen molar-refractivity contribution in [2.75, 3.05) is 19.6 Å². The first-order chi connectivity index (χ1) is 12.9. The number of fused-ring (bicyclic) bond motifs is 3. The number of carbonyl (C=O) groups excluding carboxylic acids is 1. The second-order valence-electron chi connectivity index (χ2n) is 7.14. The quantitative estimate of drug-likeness (QED) is 0.780. The number of rotatable bonds is 3. The standard InChI is InChI=1S/C17H21F3N6O/c1-2-10-7-25(16(27)24-9-17(18,19)20)8-11(10)13-5-22-14-6-23-15-12(26(13)14)3-4-21-15/h3-6,10-13H,2,7-9H2,1H3,(H,21,23)(H,24,27)/t10-,11+,12?,13?/m0/s1. The monoisotopic (exact) mass is 382 g/mol. The first kappa shape index (κ1) is 17.9. The Balaban J connectivity index is 1.48. The number of aliphatic imine (C=N–C) groups is 2. The smallest absolute Gasteiger partial charge is 0.348 e. The predicted octanol–water partition coefficient (Wildman–Crippen LogP) is 1.67. The average Bonchev–Trinajstić information content (AvgIpc) is 3.33. The second-order valence-corrected chi connectivity index (χ2v) is 7.14. The number of hydrogen-bond donors (Lipinski definition) is 2. The number of amidine groups is 1. The Labute approximate surface area is 154 Å². The summed E-state index contributed by atoms with van der Waals surface area (Å²) < 4.78 is 37.2. The van der Waals surface area contributed by atoms with Gasteiger partial charge in [-0.05, 0) is 12.0 Å². The van der Waals surface area contributed by atoms with E-state index in [9.17, 15) is 18.0 Å². The van der Waals surface area contributed by atoms with Gasteiger partial charge in [0.1, 0.15) is 24.2 Å². The number of hydrogen-bond acceptors (Lipinski definition) is 5. The van der Waals surface area contributed by atoms with Crippen LogP contribution in [0, 0.1) is 11.8 Å². The van der Waals surface area contributed by atoms with Crippen LogP contribution in [0.2, 0.25) is 0 Å². The highest BCUT2D eigenvalue weighted by molar-refractivity contribution is 5.94. The molecule has 0 aromatic rings. The molecule has 0 aliphatic carbocycles. The first-order valence-corrected chi connectivity index (χ1v) is 9.00. The van der Waals surface area contributed by atoms with Gasteiger partial charge >= 0.3 is 12.2 Å². The normalized spacial score (nSPS) is 31.4. The van der Waals surface area contributed by atoms with E-state index in [1.54, 1.807) is 6.20 Å². The van der Waals surface area contributed by atoms with Crippen molar-refractivity contribution in [2.24, 2.45) is 21.8 Å². The predicted molar refractivity (Wildman–Crippen MR) is 94.0 cm³/mol. The number of alkyl halides is 3. The summed E-state index contributed by atoms with van der Waals surface area (Å²) in [4.78, 5) is 24.7.